The van der Waals surface area contributed by atoms with Crippen LogP contribution in [0, 0.1) is 11.8 Å². The lowest BCUT2D eigenvalue weighted by atomic mass is 9.95. The van der Waals surface area contributed by atoms with E-state index in [9.17, 15) is 13.2 Å². The van der Waals surface area contributed by atoms with Gasteiger partial charge in [-0.3, -0.25) is 4.79 Å². The Morgan fingerprint density at radius 2 is 1.91 bits per heavy atom. The van der Waals surface area contributed by atoms with Gasteiger partial charge in [0.2, 0.25) is 5.91 Å². The van der Waals surface area contributed by atoms with E-state index in [0.29, 0.717) is 6.42 Å². The maximum absolute atomic E-state index is 12.3. The van der Waals surface area contributed by atoms with Gasteiger partial charge in [0.05, 0.1) is 30.6 Å². The van der Waals surface area contributed by atoms with Crippen LogP contribution < -0.4 is 10.1 Å². The van der Waals surface area contributed by atoms with Crippen LogP contribution in [-0.4, -0.2) is 32.9 Å². The molecule has 122 valence electrons. The lowest BCUT2D eigenvalue weighted by Gasteiger charge is -2.24. The standard InChI is InChI=1S/C16H23NO4S/c1-11(2)15(12-4-6-14(21-3)7-5-12)17-16(18)13-8-9-22(19,20)10-13/h4-7,11,13,15H,8-10H2,1-3H3,(H,17,18)/t13-,15-/m0/s1. The van der Waals surface area contributed by atoms with E-state index in [0.717, 1.165) is 11.3 Å². The molecule has 0 saturated carbocycles. The van der Waals surface area contributed by atoms with Gasteiger partial charge in [-0.2, -0.15) is 0 Å². The first kappa shape index (κ1) is 16.8. The Kier molecular flexibility index (Phi) is 5.11. The monoisotopic (exact) mass is 325 g/mol. The summed E-state index contributed by atoms with van der Waals surface area (Å²) in [6.45, 7) is 4.06. The van der Waals surface area contributed by atoms with Crippen molar-refractivity contribution < 1.29 is 17.9 Å². The Bertz CT molecular complexity index is 622. The van der Waals surface area contributed by atoms with E-state index in [1.54, 1.807) is 7.11 Å². The molecule has 1 N–H and O–H groups in total. The lowest BCUT2D eigenvalue weighted by Crippen LogP contribution is -2.36. The zero-order chi connectivity index (χ0) is 16.3. The Morgan fingerprint density at radius 1 is 1.27 bits per heavy atom. The van der Waals surface area contributed by atoms with E-state index in [2.05, 4.69) is 5.32 Å². The Labute approximate surface area is 132 Å². The number of rotatable bonds is 5. The molecule has 5 nitrogen and oxygen atoms in total. The number of sulfone groups is 1. The smallest absolute Gasteiger partial charge is 0.224 e. The highest BCUT2D eigenvalue weighted by atomic mass is 32.2. The predicted molar refractivity (Wildman–Crippen MR) is 85.5 cm³/mol. The van der Waals surface area contributed by atoms with E-state index in [1.807, 2.05) is 38.1 Å². The number of ether oxygens (including phenoxy) is 1. The highest BCUT2D eigenvalue weighted by Gasteiger charge is 2.34. The van der Waals surface area contributed by atoms with Gasteiger partial charge in [-0.25, -0.2) is 8.42 Å². The molecule has 0 aliphatic carbocycles. The number of carbonyl (C=O) groups is 1. The fourth-order valence-corrected chi connectivity index (χ4v) is 4.46. The summed E-state index contributed by atoms with van der Waals surface area (Å²) >= 11 is 0. The normalized spacial score (nSPS) is 21.5. The van der Waals surface area contributed by atoms with Crippen molar-refractivity contribution in [3.8, 4) is 5.75 Å². The van der Waals surface area contributed by atoms with Crippen molar-refractivity contribution >= 4 is 15.7 Å². The lowest BCUT2D eigenvalue weighted by molar-refractivity contribution is -0.125. The summed E-state index contributed by atoms with van der Waals surface area (Å²) in [5, 5.41) is 3.01. The zero-order valence-corrected chi connectivity index (χ0v) is 14.0. The van der Waals surface area contributed by atoms with Crippen LogP contribution >= 0.6 is 0 Å². The molecule has 2 rings (SSSR count). The fraction of sp³-hybridized carbons (Fsp3) is 0.562. The Balaban J connectivity index is 2.10. The second-order valence-electron chi connectivity index (χ2n) is 6.10. The minimum absolute atomic E-state index is 0.0355. The number of hydrogen-bond acceptors (Lipinski definition) is 4. The molecule has 1 saturated heterocycles. The van der Waals surface area contributed by atoms with Gasteiger partial charge < -0.3 is 10.1 Å². The van der Waals surface area contributed by atoms with Crippen LogP contribution in [0.2, 0.25) is 0 Å². The minimum Gasteiger partial charge on any atom is -0.497 e. The first-order chi connectivity index (χ1) is 10.3. The summed E-state index contributed by atoms with van der Waals surface area (Å²) in [6, 6.07) is 7.43. The molecule has 22 heavy (non-hydrogen) atoms. The van der Waals surface area contributed by atoms with Gasteiger partial charge in [0.1, 0.15) is 5.75 Å². The van der Waals surface area contributed by atoms with E-state index < -0.39 is 15.8 Å². The quantitative estimate of drug-likeness (QED) is 0.898. The summed E-state index contributed by atoms with van der Waals surface area (Å²) in [6.07, 6.45) is 0.418. The van der Waals surface area contributed by atoms with E-state index in [1.165, 1.54) is 0 Å². The summed E-state index contributed by atoms with van der Waals surface area (Å²) < 4.78 is 28.2. The molecule has 1 aromatic carbocycles. The van der Waals surface area contributed by atoms with Gasteiger partial charge in [-0.05, 0) is 30.0 Å². The molecule has 0 spiro atoms. The van der Waals surface area contributed by atoms with Crippen molar-refractivity contribution in [2.45, 2.75) is 26.3 Å². The average Bonchev–Trinajstić information content (AvgIpc) is 2.84. The largest absolute Gasteiger partial charge is 0.497 e. The van der Waals surface area contributed by atoms with Gasteiger partial charge >= 0.3 is 0 Å². The van der Waals surface area contributed by atoms with Crippen LogP contribution in [0.5, 0.6) is 5.75 Å². The highest BCUT2D eigenvalue weighted by molar-refractivity contribution is 7.91. The van der Waals surface area contributed by atoms with Crippen molar-refractivity contribution in [3.05, 3.63) is 29.8 Å². The maximum Gasteiger partial charge on any atom is 0.224 e. The number of carbonyl (C=O) groups excluding carboxylic acids is 1. The van der Waals surface area contributed by atoms with Gasteiger partial charge in [0.15, 0.2) is 9.84 Å². The van der Waals surface area contributed by atoms with E-state index >= 15 is 0 Å². The summed E-state index contributed by atoms with van der Waals surface area (Å²) in [4.78, 5) is 12.3. The molecule has 0 radical (unpaired) electrons. The van der Waals surface area contributed by atoms with E-state index in [-0.39, 0.29) is 29.4 Å². The van der Waals surface area contributed by atoms with Crippen molar-refractivity contribution in [3.63, 3.8) is 0 Å². The van der Waals surface area contributed by atoms with Crippen molar-refractivity contribution in [1.29, 1.82) is 0 Å². The van der Waals surface area contributed by atoms with Crippen molar-refractivity contribution in [2.75, 3.05) is 18.6 Å². The molecule has 1 fully saturated rings. The molecule has 1 amide bonds. The average molecular weight is 325 g/mol. The second-order valence-corrected chi connectivity index (χ2v) is 8.33. The number of hydrogen-bond donors (Lipinski definition) is 1. The second kappa shape index (κ2) is 6.69. The molecule has 1 aromatic rings. The molecular weight excluding hydrogens is 302 g/mol. The van der Waals surface area contributed by atoms with Crippen molar-refractivity contribution in [1.82, 2.24) is 5.32 Å². The van der Waals surface area contributed by atoms with Crippen LogP contribution in [-0.2, 0) is 14.6 Å². The molecule has 1 aliphatic rings. The van der Waals surface area contributed by atoms with Crippen LogP contribution in [0.25, 0.3) is 0 Å². The highest BCUT2D eigenvalue weighted by Crippen LogP contribution is 2.26. The fourth-order valence-electron chi connectivity index (χ4n) is 2.72. The number of nitrogens with one attached hydrogen (secondary N) is 1. The Morgan fingerprint density at radius 3 is 2.36 bits per heavy atom. The molecule has 0 unspecified atom stereocenters. The summed E-state index contributed by atoms with van der Waals surface area (Å²) in [5.41, 5.74) is 0.991. The molecule has 0 bridgehead atoms. The minimum atomic E-state index is -3.05. The molecule has 2 atom stereocenters. The van der Waals surface area contributed by atoms with Crippen LogP contribution in [0.4, 0.5) is 0 Å². The van der Waals surface area contributed by atoms with Gasteiger partial charge in [-0.1, -0.05) is 26.0 Å². The molecule has 1 aliphatic heterocycles. The first-order valence-corrected chi connectivity index (χ1v) is 9.29. The topological polar surface area (TPSA) is 72.5 Å². The molecule has 6 heteroatoms. The van der Waals surface area contributed by atoms with Crippen molar-refractivity contribution in [2.24, 2.45) is 11.8 Å². The predicted octanol–water partition coefficient (Wildman–Crippen LogP) is 1.94. The molecular formula is C16H23NO4S. The van der Waals surface area contributed by atoms with Gasteiger partial charge in [0.25, 0.3) is 0 Å². The van der Waals surface area contributed by atoms with Crippen LogP contribution in [0.15, 0.2) is 24.3 Å². The van der Waals surface area contributed by atoms with Gasteiger partial charge in [-0.15, -0.1) is 0 Å². The Hall–Kier alpha value is -1.56. The third-order valence-corrected chi connectivity index (χ3v) is 5.81. The number of benzene rings is 1. The molecule has 1 heterocycles. The zero-order valence-electron chi connectivity index (χ0n) is 13.2. The van der Waals surface area contributed by atoms with E-state index in [4.69, 9.17) is 4.74 Å². The van der Waals surface area contributed by atoms with Gasteiger partial charge in [0, 0.05) is 0 Å². The number of methoxy groups -OCH3 is 1. The first-order valence-electron chi connectivity index (χ1n) is 7.47. The molecule has 0 aromatic heterocycles. The third kappa shape index (κ3) is 4.00. The SMILES string of the molecule is COc1ccc([C@@H](NC(=O)[C@H]2CCS(=O)(=O)C2)C(C)C)cc1. The summed E-state index contributed by atoms with van der Waals surface area (Å²) in [5.74, 6) is 0.446. The van der Waals surface area contributed by atoms with Crippen LogP contribution in [0.3, 0.4) is 0 Å². The van der Waals surface area contributed by atoms with Crippen LogP contribution in [0.1, 0.15) is 31.9 Å². The number of amides is 1. The third-order valence-electron chi connectivity index (χ3n) is 4.04. The maximum atomic E-state index is 12.3. The summed E-state index contributed by atoms with van der Waals surface area (Å²) in [7, 11) is -1.44.